The van der Waals surface area contributed by atoms with Crippen molar-refractivity contribution in [2.45, 2.75) is 25.9 Å². The van der Waals surface area contributed by atoms with Gasteiger partial charge in [-0.2, -0.15) is 5.10 Å². The van der Waals surface area contributed by atoms with E-state index in [1.807, 2.05) is 18.7 Å². The first-order valence-corrected chi connectivity index (χ1v) is 8.68. The number of rotatable bonds is 5. The lowest BCUT2D eigenvalue weighted by atomic mass is 9.93. The highest BCUT2D eigenvalue weighted by Gasteiger charge is 2.28. The molecular weight excluding hydrogens is 463 g/mol. The molecule has 1 saturated heterocycles. The maximum absolute atomic E-state index is 10.7. The molecule has 10 nitrogen and oxygen atoms in total. The molecule has 2 aromatic rings. The van der Waals surface area contributed by atoms with Crippen molar-refractivity contribution < 1.29 is 4.92 Å². The number of guanidine groups is 1. The van der Waals surface area contributed by atoms with Crippen LogP contribution in [0.25, 0.3) is 0 Å². The number of hydrogen-bond acceptors (Lipinski definition) is 5. The van der Waals surface area contributed by atoms with Gasteiger partial charge in [0, 0.05) is 39.1 Å². The zero-order valence-electron chi connectivity index (χ0n) is 15.4. The minimum absolute atomic E-state index is 0. The van der Waals surface area contributed by atoms with Gasteiger partial charge >= 0.3 is 5.69 Å². The maximum atomic E-state index is 10.7. The lowest BCUT2D eigenvalue weighted by Crippen LogP contribution is -2.49. The topological polar surface area (TPSA) is 106 Å². The van der Waals surface area contributed by atoms with Gasteiger partial charge in [-0.25, -0.2) is 4.98 Å². The highest BCUT2D eigenvalue weighted by atomic mass is 127. The third kappa shape index (κ3) is 5.17. The van der Waals surface area contributed by atoms with Crippen LogP contribution in [0.5, 0.6) is 0 Å². The van der Waals surface area contributed by atoms with Crippen molar-refractivity contribution >= 4 is 35.6 Å². The number of hydrogen-bond donors (Lipinski definition) is 1. The summed E-state index contributed by atoms with van der Waals surface area (Å²) in [5, 5.41) is 18.0. The van der Waals surface area contributed by atoms with Gasteiger partial charge in [0.25, 0.3) is 0 Å². The first kappa shape index (κ1) is 21.1. The molecule has 0 spiro atoms. The third-order valence-corrected chi connectivity index (χ3v) is 4.79. The Labute approximate surface area is 174 Å². The largest absolute Gasteiger partial charge is 0.354 e. The molecule has 1 fully saturated rings. The molecule has 0 aliphatic carbocycles. The molecule has 27 heavy (non-hydrogen) atoms. The zero-order chi connectivity index (χ0) is 18.5. The quantitative estimate of drug-likeness (QED) is 0.226. The number of piperidine rings is 1. The van der Waals surface area contributed by atoms with E-state index in [0.29, 0.717) is 25.0 Å². The van der Waals surface area contributed by atoms with E-state index >= 15 is 0 Å². The van der Waals surface area contributed by atoms with E-state index in [-0.39, 0.29) is 29.7 Å². The van der Waals surface area contributed by atoms with Crippen LogP contribution in [0.15, 0.2) is 36.1 Å². The van der Waals surface area contributed by atoms with Gasteiger partial charge in [0.1, 0.15) is 12.4 Å². The molecule has 1 N–H and O–H groups in total. The van der Waals surface area contributed by atoms with E-state index in [4.69, 9.17) is 0 Å². The Morgan fingerprint density at radius 2 is 2.33 bits per heavy atom. The van der Waals surface area contributed by atoms with Gasteiger partial charge in [-0.3, -0.25) is 19.8 Å². The van der Waals surface area contributed by atoms with Gasteiger partial charge in [0.2, 0.25) is 0 Å². The molecule has 3 rings (SSSR count). The summed E-state index contributed by atoms with van der Waals surface area (Å²) < 4.78 is 3.72. The highest BCUT2D eigenvalue weighted by Crippen LogP contribution is 2.27. The van der Waals surface area contributed by atoms with E-state index in [2.05, 4.69) is 36.8 Å². The molecular formula is C16H25IN8O2. The summed E-state index contributed by atoms with van der Waals surface area (Å²) in [5.41, 5.74) is 0.00238. The molecule has 1 aliphatic rings. The molecule has 2 atom stereocenters. The number of nitrogens with zero attached hydrogens (tertiary/aromatic N) is 7. The monoisotopic (exact) mass is 488 g/mol. The Hall–Kier alpha value is -2.18. The normalized spacial score (nSPS) is 20.2. The van der Waals surface area contributed by atoms with Crippen LogP contribution in [0.3, 0.4) is 0 Å². The Morgan fingerprint density at radius 1 is 1.52 bits per heavy atom. The number of aliphatic imine (C=N–C) groups is 1. The number of halogens is 1. The van der Waals surface area contributed by atoms with Gasteiger partial charge in [-0.05, 0) is 12.3 Å². The molecule has 0 aromatic carbocycles. The second kappa shape index (κ2) is 9.67. The number of nitrogens with one attached hydrogen (secondary N) is 1. The fourth-order valence-corrected chi connectivity index (χ4v) is 3.28. The highest BCUT2D eigenvalue weighted by molar-refractivity contribution is 14.0. The van der Waals surface area contributed by atoms with Crippen LogP contribution in [0.4, 0.5) is 5.69 Å². The van der Waals surface area contributed by atoms with Crippen molar-refractivity contribution in [3.05, 3.63) is 41.2 Å². The van der Waals surface area contributed by atoms with Gasteiger partial charge in [0.15, 0.2) is 5.96 Å². The fraction of sp³-hybridized carbons (Fsp3) is 0.562. The van der Waals surface area contributed by atoms with E-state index in [9.17, 15) is 10.1 Å². The minimum atomic E-state index is -0.443. The molecule has 0 saturated carbocycles. The zero-order valence-corrected chi connectivity index (χ0v) is 17.8. The van der Waals surface area contributed by atoms with Crippen LogP contribution in [-0.4, -0.2) is 61.8 Å². The average molecular weight is 488 g/mol. The third-order valence-electron chi connectivity index (χ3n) is 4.79. The first-order valence-electron chi connectivity index (χ1n) is 8.68. The molecule has 2 unspecified atom stereocenters. The number of likely N-dealkylation sites (tertiary alicyclic amines) is 1. The minimum Gasteiger partial charge on any atom is -0.354 e. The molecule has 0 radical (unpaired) electrons. The Morgan fingerprint density at radius 3 is 2.96 bits per heavy atom. The molecule has 2 aromatic heterocycles. The van der Waals surface area contributed by atoms with Crippen molar-refractivity contribution in [3.63, 3.8) is 0 Å². The SMILES string of the molecule is CN=C(NCCn1cc([N+](=O)[O-])cn1)N1CCC(C)C(n2ccnc2)C1.I. The van der Waals surface area contributed by atoms with E-state index < -0.39 is 4.92 Å². The number of imidazole rings is 1. The Kier molecular flexibility index (Phi) is 7.56. The molecule has 0 amide bonds. The molecule has 1 aliphatic heterocycles. The standard InChI is InChI=1S/C16H24N8O2.HI/c1-13-3-6-21(11-15(13)22-7-4-18-12-22)16(17-2)19-5-8-23-10-14(9-20-23)24(25)26;/h4,7,9-10,12-13,15H,3,5-6,8,11H2,1-2H3,(H,17,19);1H. The van der Waals surface area contributed by atoms with Gasteiger partial charge in [-0.1, -0.05) is 6.92 Å². The van der Waals surface area contributed by atoms with E-state index in [0.717, 1.165) is 25.5 Å². The second-order valence-electron chi connectivity index (χ2n) is 6.48. The molecule has 148 valence electrons. The summed E-state index contributed by atoms with van der Waals surface area (Å²) in [5.74, 6) is 1.41. The Balaban J connectivity index is 0.00000261. The van der Waals surface area contributed by atoms with Crippen molar-refractivity contribution in [2.24, 2.45) is 10.9 Å². The van der Waals surface area contributed by atoms with Gasteiger partial charge in [0.05, 0.1) is 23.8 Å². The van der Waals surface area contributed by atoms with Crippen molar-refractivity contribution in [1.82, 2.24) is 29.5 Å². The predicted octanol–water partition coefficient (Wildman–Crippen LogP) is 1.76. The molecule has 11 heteroatoms. The summed E-state index contributed by atoms with van der Waals surface area (Å²) in [6.45, 7) is 5.20. The summed E-state index contributed by atoms with van der Waals surface area (Å²) in [4.78, 5) is 21.1. The average Bonchev–Trinajstić information content (AvgIpc) is 3.31. The second-order valence-corrected chi connectivity index (χ2v) is 6.48. The number of aromatic nitrogens is 4. The fourth-order valence-electron chi connectivity index (χ4n) is 3.28. The smallest absolute Gasteiger partial charge is 0.306 e. The maximum Gasteiger partial charge on any atom is 0.306 e. The van der Waals surface area contributed by atoms with Crippen LogP contribution in [0.1, 0.15) is 19.4 Å². The van der Waals surface area contributed by atoms with Gasteiger partial charge < -0.3 is 14.8 Å². The first-order chi connectivity index (χ1) is 12.6. The van der Waals surface area contributed by atoms with Crippen LogP contribution in [-0.2, 0) is 6.54 Å². The Bertz CT molecular complexity index is 760. The van der Waals surface area contributed by atoms with Crippen molar-refractivity contribution in [1.29, 1.82) is 0 Å². The summed E-state index contributed by atoms with van der Waals surface area (Å²) in [7, 11) is 1.77. The molecule has 0 bridgehead atoms. The number of nitro groups is 1. The van der Waals surface area contributed by atoms with E-state index in [1.54, 1.807) is 11.7 Å². The summed E-state index contributed by atoms with van der Waals surface area (Å²) >= 11 is 0. The molecule has 3 heterocycles. The lowest BCUT2D eigenvalue weighted by Gasteiger charge is -2.39. The predicted molar refractivity (Wildman–Crippen MR) is 112 cm³/mol. The lowest BCUT2D eigenvalue weighted by molar-refractivity contribution is -0.385. The van der Waals surface area contributed by atoms with Crippen LogP contribution >= 0.6 is 24.0 Å². The van der Waals surface area contributed by atoms with Crippen molar-refractivity contribution in [2.75, 3.05) is 26.7 Å². The van der Waals surface area contributed by atoms with Crippen LogP contribution < -0.4 is 5.32 Å². The van der Waals surface area contributed by atoms with Crippen LogP contribution in [0, 0.1) is 16.0 Å². The van der Waals surface area contributed by atoms with E-state index in [1.165, 1.54) is 12.4 Å². The van der Waals surface area contributed by atoms with Gasteiger partial charge in [-0.15, -0.1) is 24.0 Å². The summed E-state index contributed by atoms with van der Waals surface area (Å²) in [6, 6.07) is 0.360. The van der Waals surface area contributed by atoms with Crippen molar-refractivity contribution in [3.8, 4) is 0 Å². The summed E-state index contributed by atoms with van der Waals surface area (Å²) in [6.07, 6.45) is 9.45. The van der Waals surface area contributed by atoms with Crippen LogP contribution in [0.2, 0.25) is 0 Å².